The van der Waals surface area contributed by atoms with E-state index in [1.807, 2.05) is 6.19 Å². The number of nitriles is 1. The minimum absolute atomic E-state index is 0.0116. The standard InChI is InChI=1S/C17H24N4OS/c1-17(2)6-4-3-5-13(17)16-19-9-14(23-16)21-15(22)11-7-12(8-11)20-10-18/h9,11-13,20H,3-8H2,1-2H3,(H,21,22)/t11-,12-,13-/m1/s1. The molecule has 1 heterocycles. The molecule has 0 saturated heterocycles. The van der Waals surface area contributed by atoms with Crippen molar-refractivity contribution in [3.8, 4) is 6.19 Å². The van der Waals surface area contributed by atoms with Crippen LogP contribution in [-0.2, 0) is 4.79 Å². The Labute approximate surface area is 141 Å². The van der Waals surface area contributed by atoms with Crippen LogP contribution in [0.2, 0.25) is 0 Å². The van der Waals surface area contributed by atoms with Gasteiger partial charge < -0.3 is 10.6 Å². The summed E-state index contributed by atoms with van der Waals surface area (Å²) in [6, 6.07) is 0.163. The first kappa shape index (κ1) is 16.3. The quantitative estimate of drug-likeness (QED) is 0.652. The molecule has 1 amide bonds. The highest BCUT2D eigenvalue weighted by Gasteiger charge is 2.36. The zero-order valence-electron chi connectivity index (χ0n) is 13.8. The van der Waals surface area contributed by atoms with E-state index in [4.69, 9.17) is 5.26 Å². The first-order valence-electron chi connectivity index (χ1n) is 8.41. The molecule has 0 aliphatic heterocycles. The fourth-order valence-electron chi connectivity index (χ4n) is 3.72. The highest BCUT2D eigenvalue weighted by molar-refractivity contribution is 7.15. The molecule has 1 atom stereocenters. The molecule has 1 aromatic rings. The van der Waals surface area contributed by atoms with Gasteiger partial charge in [-0.1, -0.05) is 26.7 Å². The summed E-state index contributed by atoms with van der Waals surface area (Å²) in [6.45, 7) is 4.65. The van der Waals surface area contributed by atoms with Crippen LogP contribution in [0.3, 0.4) is 0 Å². The number of aromatic nitrogens is 1. The van der Waals surface area contributed by atoms with Crippen molar-refractivity contribution in [3.63, 3.8) is 0 Å². The Balaban J connectivity index is 1.58. The highest BCUT2D eigenvalue weighted by Crippen LogP contribution is 2.48. The van der Waals surface area contributed by atoms with Crippen molar-refractivity contribution in [2.24, 2.45) is 11.3 Å². The third-order valence-corrected chi connectivity index (χ3v) is 6.38. The summed E-state index contributed by atoms with van der Waals surface area (Å²) in [5, 5.41) is 16.3. The predicted octanol–water partition coefficient (Wildman–Crippen LogP) is 3.61. The molecule has 1 aromatic heterocycles. The van der Waals surface area contributed by atoms with Crippen LogP contribution in [0.4, 0.5) is 5.00 Å². The summed E-state index contributed by atoms with van der Waals surface area (Å²) in [6.07, 6.45) is 10.2. The largest absolute Gasteiger partial charge is 0.321 e. The Morgan fingerprint density at radius 3 is 2.91 bits per heavy atom. The number of carbonyl (C=O) groups is 1. The number of amides is 1. The number of carbonyl (C=O) groups excluding carboxylic acids is 1. The lowest BCUT2D eigenvalue weighted by Gasteiger charge is -2.37. The van der Waals surface area contributed by atoms with Crippen LogP contribution in [0.25, 0.3) is 0 Å². The van der Waals surface area contributed by atoms with E-state index in [9.17, 15) is 4.79 Å². The number of rotatable bonds is 4. The monoisotopic (exact) mass is 332 g/mol. The minimum Gasteiger partial charge on any atom is -0.321 e. The Morgan fingerprint density at radius 2 is 2.22 bits per heavy atom. The van der Waals surface area contributed by atoms with Crippen LogP contribution in [-0.4, -0.2) is 16.9 Å². The topological polar surface area (TPSA) is 77.8 Å². The van der Waals surface area contributed by atoms with Gasteiger partial charge in [-0.3, -0.25) is 4.79 Å². The van der Waals surface area contributed by atoms with E-state index in [0.29, 0.717) is 11.3 Å². The average Bonchev–Trinajstić information content (AvgIpc) is 2.89. The van der Waals surface area contributed by atoms with E-state index in [2.05, 4.69) is 29.5 Å². The minimum atomic E-state index is 0.0116. The molecule has 124 valence electrons. The molecule has 2 fully saturated rings. The van der Waals surface area contributed by atoms with Crippen molar-refractivity contribution < 1.29 is 4.79 Å². The van der Waals surface area contributed by atoms with Gasteiger partial charge in [0.1, 0.15) is 5.00 Å². The summed E-state index contributed by atoms with van der Waals surface area (Å²) in [5.41, 5.74) is 0.293. The Hall–Kier alpha value is -1.61. The Morgan fingerprint density at radius 1 is 1.43 bits per heavy atom. The highest BCUT2D eigenvalue weighted by atomic mass is 32.1. The van der Waals surface area contributed by atoms with Crippen LogP contribution in [0.1, 0.15) is 63.3 Å². The molecule has 23 heavy (non-hydrogen) atoms. The van der Waals surface area contributed by atoms with Crippen LogP contribution in [0.15, 0.2) is 6.20 Å². The molecule has 2 aliphatic carbocycles. The van der Waals surface area contributed by atoms with Crippen LogP contribution >= 0.6 is 11.3 Å². The molecule has 3 rings (SSSR count). The first-order valence-corrected chi connectivity index (χ1v) is 9.22. The zero-order chi connectivity index (χ0) is 16.4. The molecular formula is C17H24N4OS. The maximum atomic E-state index is 12.2. The number of nitrogens with zero attached hydrogens (tertiary/aromatic N) is 2. The lowest BCUT2D eigenvalue weighted by atomic mass is 9.69. The maximum absolute atomic E-state index is 12.2. The number of anilines is 1. The molecule has 6 heteroatoms. The molecule has 2 aliphatic rings. The second kappa shape index (κ2) is 6.48. The van der Waals surface area contributed by atoms with E-state index in [-0.39, 0.29) is 17.9 Å². The van der Waals surface area contributed by atoms with E-state index in [0.717, 1.165) is 22.9 Å². The normalized spacial score (nSPS) is 29.2. The van der Waals surface area contributed by atoms with E-state index >= 15 is 0 Å². The lowest BCUT2D eigenvalue weighted by Crippen LogP contribution is -2.44. The summed E-state index contributed by atoms with van der Waals surface area (Å²) in [5.74, 6) is 0.566. The number of hydrogen-bond acceptors (Lipinski definition) is 5. The van der Waals surface area contributed by atoms with Gasteiger partial charge in [0.2, 0.25) is 5.91 Å². The average molecular weight is 332 g/mol. The van der Waals surface area contributed by atoms with Crippen LogP contribution < -0.4 is 10.6 Å². The molecule has 2 N–H and O–H groups in total. The second-order valence-corrected chi connectivity index (χ2v) is 8.52. The van der Waals surface area contributed by atoms with E-state index < -0.39 is 0 Å². The van der Waals surface area contributed by atoms with Gasteiger partial charge in [-0.25, -0.2) is 4.98 Å². The van der Waals surface area contributed by atoms with Crippen molar-refractivity contribution in [2.75, 3.05) is 5.32 Å². The van der Waals surface area contributed by atoms with Gasteiger partial charge in [-0.05, 0) is 31.1 Å². The van der Waals surface area contributed by atoms with Gasteiger partial charge >= 0.3 is 0 Å². The van der Waals surface area contributed by atoms with Gasteiger partial charge in [-0.15, -0.1) is 11.3 Å². The van der Waals surface area contributed by atoms with E-state index in [1.165, 1.54) is 25.7 Å². The smallest absolute Gasteiger partial charge is 0.228 e. The van der Waals surface area contributed by atoms with Gasteiger partial charge in [0.25, 0.3) is 0 Å². The Bertz CT molecular complexity index is 612. The molecule has 0 aromatic carbocycles. The second-order valence-electron chi connectivity index (χ2n) is 7.46. The van der Waals surface area contributed by atoms with Gasteiger partial charge in [0, 0.05) is 17.9 Å². The molecule has 0 radical (unpaired) electrons. The molecule has 0 unspecified atom stereocenters. The molecule has 0 bridgehead atoms. The summed E-state index contributed by atoms with van der Waals surface area (Å²) in [7, 11) is 0. The predicted molar refractivity (Wildman–Crippen MR) is 91.0 cm³/mol. The Kier molecular flexibility index (Phi) is 4.58. The zero-order valence-corrected chi connectivity index (χ0v) is 14.6. The third kappa shape index (κ3) is 3.50. The molecule has 0 spiro atoms. The lowest BCUT2D eigenvalue weighted by molar-refractivity contribution is -0.122. The van der Waals surface area contributed by atoms with Gasteiger partial charge in [-0.2, -0.15) is 5.26 Å². The number of hydrogen-bond donors (Lipinski definition) is 2. The summed E-state index contributed by atoms with van der Waals surface area (Å²) >= 11 is 1.62. The van der Waals surface area contributed by atoms with Crippen LogP contribution in [0.5, 0.6) is 0 Å². The molecular weight excluding hydrogens is 308 g/mol. The summed E-state index contributed by atoms with van der Waals surface area (Å²) in [4.78, 5) is 16.8. The van der Waals surface area contributed by atoms with Crippen molar-refractivity contribution in [2.45, 2.75) is 64.3 Å². The number of thiazole rings is 1. The number of nitrogens with one attached hydrogen (secondary N) is 2. The first-order chi connectivity index (χ1) is 11.0. The SMILES string of the molecule is CC1(C)CCCC[C@@H]1c1ncc(NC(=O)[C@H]2C[C@H](NC#N)C2)s1. The van der Waals surface area contributed by atoms with Crippen molar-refractivity contribution in [3.05, 3.63) is 11.2 Å². The van der Waals surface area contributed by atoms with Gasteiger partial charge in [0.05, 0.1) is 11.2 Å². The fourth-order valence-corrected chi connectivity index (χ4v) is 4.89. The molecule has 2 saturated carbocycles. The van der Waals surface area contributed by atoms with E-state index in [1.54, 1.807) is 17.5 Å². The maximum Gasteiger partial charge on any atom is 0.228 e. The van der Waals surface area contributed by atoms with Crippen molar-refractivity contribution in [1.82, 2.24) is 10.3 Å². The van der Waals surface area contributed by atoms with Crippen molar-refractivity contribution in [1.29, 1.82) is 5.26 Å². The summed E-state index contributed by atoms with van der Waals surface area (Å²) < 4.78 is 0. The fraction of sp³-hybridized carbons (Fsp3) is 0.706. The van der Waals surface area contributed by atoms with Crippen molar-refractivity contribution >= 4 is 22.2 Å². The molecule has 5 nitrogen and oxygen atoms in total. The van der Waals surface area contributed by atoms with Crippen LogP contribution in [0, 0.1) is 22.8 Å². The third-order valence-electron chi connectivity index (χ3n) is 5.35. The van der Waals surface area contributed by atoms with Gasteiger partial charge in [0.15, 0.2) is 6.19 Å².